The maximum atomic E-state index is 14.1. The molecule has 0 aromatic heterocycles. The third-order valence-corrected chi connectivity index (χ3v) is 7.45. The highest BCUT2D eigenvalue weighted by Gasteiger charge is 2.58. The van der Waals surface area contributed by atoms with Gasteiger partial charge in [0, 0.05) is 42.7 Å². The molecule has 2 saturated carbocycles. The lowest BCUT2D eigenvalue weighted by Gasteiger charge is -2.18. The molecule has 3 aliphatic carbocycles. The molecule has 8 heteroatoms. The maximum Gasteiger partial charge on any atom is 0.233 e. The van der Waals surface area contributed by atoms with Crippen molar-refractivity contribution in [3.63, 3.8) is 0 Å². The van der Waals surface area contributed by atoms with Crippen molar-refractivity contribution >= 4 is 29.4 Å². The molecule has 4 aliphatic rings. The van der Waals surface area contributed by atoms with Crippen molar-refractivity contribution in [3.8, 4) is 0 Å². The molecule has 3 fully saturated rings. The maximum absolute atomic E-state index is 14.1. The Morgan fingerprint density at radius 2 is 1.90 bits per heavy atom. The van der Waals surface area contributed by atoms with E-state index in [0.717, 1.165) is 12.8 Å². The Labute approximate surface area is 185 Å². The minimum Gasteiger partial charge on any atom is -0.356 e. The molecular weight excluding hydrogens is 419 g/mol. The van der Waals surface area contributed by atoms with Gasteiger partial charge >= 0.3 is 0 Å². The van der Waals surface area contributed by atoms with Crippen LogP contribution in [0.1, 0.15) is 30.7 Å². The van der Waals surface area contributed by atoms with Crippen molar-refractivity contribution in [1.29, 1.82) is 0 Å². The highest BCUT2D eigenvalue weighted by Crippen LogP contribution is 2.52. The topological polar surface area (TPSA) is 73.8 Å². The summed E-state index contributed by atoms with van der Waals surface area (Å²) >= 11 is 6.17. The number of benzene rings is 1. The number of carbonyl (C=O) groups excluding carboxylic acids is 2. The van der Waals surface area contributed by atoms with E-state index in [2.05, 4.69) is 27.8 Å². The highest BCUT2D eigenvalue weighted by molar-refractivity contribution is 6.31. The predicted molar refractivity (Wildman–Crippen MR) is 116 cm³/mol. The van der Waals surface area contributed by atoms with Crippen LogP contribution in [0.25, 0.3) is 0 Å². The van der Waals surface area contributed by atoms with Gasteiger partial charge in [-0.3, -0.25) is 19.5 Å². The minimum atomic E-state index is -0.280. The summed E-state index contributed by atoms with van der Waals surface area (Å²) in [5, 5.41) is 6.98. The fourth-order valence-electron chi connectivity index (χ4n) is 5.54. The van der Waals surface area contributed by atoms with Crippen LogP contribution in [-0.4, -0.2) is 48.9 Å². The quantitative estimate of drug-likeness (QED) is 0.232. The molecule has 6 atom stereocenters. The van der Waals surface area contributed by atoms with Crippen LogP contribution in [0.5, 0.6) is 0 Å². The van der Waals surface area contributed by atoms with Gasteiger partial charge in [-0.1, -0.05) is 29.8 Å². The molecule has 2 amide bonds. The van der Waals surface area contributed by atoms with Gasteiger partial charge in [0.15, 0.2) is 5.96 Å². The molecule has 5 rings (SSSR count). The van der Waals surface area contributed by atoms with Crippen LogP contribution in [0.2, 0.25) is 5.02 Å². The van der Waals surface area contributed by atoms with Gasteiger partial charge in [0.05, 0.1) is 11.8 Å². The molecule has 2 bridgehead atoms. The average Bonchev–Trinajstić information content (AvgIpc) is 3.08. The van der Waals surface area contributed by atoms with Crippen LogP contribution in [0.4, 0.5) is 4.39 Å². The lowest BCUT2D eigenvalue weighted by Crippen LogP contribution is -2.41. The van der Waals surface area contributed by atoms with Gasteiger partial charge < -0.3 is 10.6 Å². The molecule has 1 aliphatic heterocycles. The van der Waals surface area contributed by atoms with E-state index in [9.17, 15) is 14.0 Å². The van der Waals surface area contributed by atoms with Gasteiger partial charge in [0.1, 0.15) is 5.82 Å². The van der Waals surface area contributed by atoms with Gasteiger partial charge in [-0.15, -0.1) is 0 Å². The van der Waals surface area contributed by atoms with Crippen LogP contribution in [0.15, 0.2) is 35.3 Å². The SMILES string of the molecule is CN=C(NCCCN1C(=O)C2C3C=CC(C3)C2C1=O)NC1CC1c1c(F)cccc1Cl. The molecule has 1 saturated heterocycles. The van der Waals surface area contributed by atoms with E-state index in [-0.39, 0.29) is 53.3 Å². The molecule has 6 nitrogen and oxygen atoms in total. The minimum absolute atomic E-state index is 0.00283. The number of hydrogen-bond donors (Lipinski definition) is 2. The van der Waals surface area contributed by atoms with Crippen LogP contribution < -0.4 is 10.6 Å². The Morgan fingerprint density at radius 3 is 2.55 bits per heavy atom. The van der Waals surface area contributed by atoms with Crippen LogP contribution >= 0.6 is 11.6 Å². The van der Waals surface area contributed by atoms with E-state index in [1.807, 2.05) is 0 Å². The number of nitrogens with zero attached hydrogens (tertiary/aromatic N) is 2. The average molecular weight is 445 g/mol. The van der Waals surface area contributed by atoms with Crippen molar-refractivity contribution in [3.05, 3.63) is 46.8 Å². The molecule has 164 valence electrons. The lowest BCUT2D eigenvalue weighted by atomic mass is 9.85. The summed E-state index contributed by atoms with van der Waals surface area (Å²) in [7, 11) is 1.68. The summed E-state index contributed by atoms with van der Waals surface area (Å²) in [6, 6.07) is 4.82. The Bertz CT molecular complexity index is 930. The summed E-state index contributed by atoms with van der Waals surface area (Å²) in [6.45, 7) is 1.00. The number of guanidine groups is 1. The largest absolute Gasteiger partial charge is 0.356 e. The van der Waals surface area contributed by atoms with Gasteiger partial charge in [-0.2, -0.15) is 0 Å². The number of imide groups is 1. The molecule has 0 spiro atoms. The van der Waals surface area contributed by atoms with Crippen LogP contribution in [-0.2, 0) is 9.59 Å². The predicted octanol–water partition coefficient (Wildman–Crippen LogP) is 2.70. The second kappa shape index (κ2) is 7.93. The van der Waals surface area contributed by atoms with Gasteiger partial charge in [0.2, 0.25) is 11.8 Å². The van der Waals surface area contributed by atoms with E-state index >= 15 is 0 Å². The van der Waals surface area contributed by atoms with Crippen molar-refractivity contribution < 1.29 is 14.0 Å². The Morgan fingerprint density at radius 1 is 1.19 bits per heavy atom. The summed E-state index contributed by atoms with van der Waals surface area (Å²) in [6.07, 6.45) is 6.60. The normalized spacial score (nSPS) is 33.3. The standard InChI is InChI=1S/C23H26ClFN4O2/c1-26-23(28-17-11-14(17)20-15(24)4-2-5-16(20)25)27-8-3-9-29-21(30)18-12-6-7-13(10-12)19(18)22(29)31/h2,4-7,12-14,17-19H,3,8-11H2,1H3,(H2,26,27,28). The van der Waals surface area contributed by atoms with E-state index in [4.69, 9.17) is 11.6 Å². The Balaban J connectivity index is 1.09. The molecule has 0 radical (unpaired) electrons. The summed E-state index contributed by atoms with van der Waals surface area (Å²) < 4.78 is 14.1. The monoisotopic (exact) mass is 444 g/mol. The van der Waals surface area contributed by atoms with E-state index in [1.165, 1.54) is 11.0 Å². The molecule has 6 unspecified atom stereocenters. The number of fused-ring (bicyclic) bond motifs is 5. The van der Waals surface area contributed by atoms with Gasteiger partial charge in [0.25, 0.3) is 0 Å². The zero-order valence-corrected chi connectivity index (χ0v) is 18.1. The smallest absolute Gasteiger partial charge is 0.233 e. The Hall–Kier alpha value is -2.41. The van der Waals surface area contributed by atoms with Crippen molar-refractivity contribution in [1.82, 2.24) is 15.5 Å². The number of allylic oxidation sites excluding steroid dienone is 2. The number of rotatable bonds is 6. The van der Waals surface area contributed by atoms with Crippen molar-refractivity contribution in [2.24, 2.45) is 28.7 Å². The lowest BCUT2D eigenvalue weighted by molar-refractivity contribution is -0.140. The number of carbonyl (C=O) groups is 2. The van der Waals surface area contributed by atoms with Gasteiger partial charge in [-0.25, -0.2) is 4.39 Å². The van der Waals surface area contributed by atoms with Gasteiger partial charge in [-0.05, 0) is 43.2 Å². The number of likely N-dealkylation sites (tertiary alicyclic amines) is 1. The zero-order valence-electron chi connectivity index (χ0n) is 17.4. The molecule has 2 N–H and O–H groups in total. The first kappa shape index (κ1) is 20.5. The number of halogens is 2. The molecule has 31 heavy (non-hydrogen) atoms. The van der Waals surface area contributed by atoms with E-state index in [1.54, 1.807) is 19.2 Å². The first-order chi connectivity index (χ1) is 15.0. The fraction of sp³-hybridized carbons (Fsp3) is 0.522. The number of aliphatic imine (C=N–C) groups is 1. The summed E-state index contributed by atoms with van der Waals surface area (Å²) in [5.74, 6) is 0.573. The second-order valence-corrected chi connectivity index (χ2v) is 9.32. The molecule has 1 aromatic rings. The summed E-state index contributed by atoms with van der Waals surface area (Å²) in [4.78, 5) is 31.1. The third kappa shape index (κ3) is 3.53. The Kier molecular flexibility index (Phi) is 5.24. The second-order valence-electron chi connectivity index (χ2n) is 8.91. The van der Waals surface area contributed by atoms with Crippen LogP contribution in [0.3, 0.4) is 0 Å². The number of amides is 2. The molecule has 1 aromatic carbocycles. The van der Waals surface area contributed by atoms with Crippen LogP contribution in [0, 0.1) is 29.5 Å². The molecular formula is C23H26ClFN4O2. The van der Waals surface area contributed by atoms with E-state index < -0.39 is 0 Å². The first-order valence-electron chi connectivity index (χ1n) is 10.9. The van der Waals surface area contributed by atoms with Crippen molar-refractivity contribution in [2.45, 2.75) is 31.2 Å². The fourth-order valence-corrected chi connectivity index (χ4v) is 5.84. The summed E-state index contributed by atoms with van der Waals surface area (Å²) in [5.41, 5.74) is 0.553. The zero-order chi connectivity index (χ0) is 21.7. The highest BCUT2D eigenvalue weighted by atomic mass is 35.5. The number of nitrogens with one attached hydrogen (secondary N) is 2. The third-order valence-electron chi connectivity index (χ3n) is 7.12. The molecule has 1 heterocycles. The van der Waals surface area contributed by atoms with E-state index in [0.29, 0.717) is 36.1 Å². The van der Waals surface area contributed by atoms with Crippen molar-refractivity contribution in [2.75, 3.05) is 20.1 Å². The first-order valence-corrected chi connectivity index (χ1v) is 11.3. The number of hydrogen-bond acceptors (Lipinski definition) is 3.